The fraction of sp³-hybridized carbons (Fsp3) is 0.500. The molecule has 4 heteroatoms. The van der Waals surface area contributed by atoms with Crippen molar-refractivity contribution in [2.75, 3.05) is 5.75 Å². The molecule has 0 amide bonds. The molecule has 0 spiro atoms. The van der Waals surface area contributed by atoms with Gasteiger partial charge in [-0.3, -0.25) is 9.98 Å². The van der Waals surface area contributed by atoms with Crippen LogP contribution in [0.3, 0.4) is 0 Å². The van der Waals surface area contributed by atoms with Crippen LogP contribution < -0.4 is 5.32 Å². The van der Waals surface area contributed by atoms with Gasteiger partial charge in [0.2, 0.25) is 0 Å². The number of amidine groups is 1. The highest BCUT2D eigenvalue weighted by Gasteiger charge is 2.17. The van der Waals surface area contributed by atoms with Crippen molar-refractivity contribution < 1.29 is 0 Å². The molecule has 1 fully saturated rings. The summed E-state index contributed by atoms with van der Waals surface area (Å²) in [7, 11) is 0. The topological polar surface area (TPSA) is 37.3 Å². The van der Waals surface area contributed by atoms with Gasteiger partial charge < -0.3 is 5.32 Å². The van der Waals surface area contributed by atoms with E-state index in [-0.39, 0.29) is 0 Å². The molecule has 0 aliphatic carbocycles. The molecule has 2 rings (SSSR count). The van der Waals surface area contributed by atoms with Gasteiger partial charge in [0.1, 0.15) is 0 Å². The Balaban J connectivity index is 1.94. The van der Waals surface area contributed by atoms with Crippen LogP contribution in [0.2, 0.25) is 0 Å². The van der Waals surface area contributed by atoms with Crippen LogP contribution in [0.1, 0.15) is 24.7 Å². The second-order valence-corrected chi connectivity index (χ2v) is 4.96. The molecule has 16 heavy (non-hydrogen) atoms. The third-order valence-corrected chi connectivity index (χ3v) is 3.66. The molecular weight excluding hydrogens is 218 g/mol. The number of aromatic nitrogens is 1. The van der Waals surface area contributed by atoms with Crippen molar-refractivity contribution in [1.82, 2.24) is 10.3 Å². The molecule has 1 saturated heterocycles. The summed E-state index contributed by atoms with van der Waals surface area (Å²) in [5.74, 6) is 1.14. The molecule has 0 aromatic carbocycles. The average molecular weight is 235 g/mol. The summed E-state index contributed by atoms with van der Waals surface area (Å²) in [6, 6.07) is 6.65. The normalized spacial score (nSPS) is 22.4. The van der Waals surface area contributed by atoms with Crippen LogP contribution in [0, 0.1) is 6.92 Å². The third kappa shape index (κ3) is 2.98. The van der Waals surface area contributed by atoms with Crippen LogP contribution in [0.5, 0.6) is 0 Å². The summed E-state index contributed by atoms with van der Waals surface area (Å²) in [5.41, 5.74) is 2.09. The number of pyridine rings is 1. The fourth-order valence-electron chi connectivity index (χ4n) is 1.59. The van der Waals surface area contributed by atoms with E-state index in [0.717, 1.165) is 28.7 Å². The smallest absolute Gasteiger partial charge is 0.157 e. The molecule has 1 aliphatic rings. The molecule has 1 unspecified atom stereocenters. The lowest BCUT2D eigenvalue weighted by Crippen LogP contribution is -2.25. The summed E-state index contributed by atoms with van der Waals surface area (Å²) in [4.78, 5) is 8.97. The highest BCUT2D eigenvalue weighted by molar-refractivity contribution is 8.14. The van der Waals surface area contributed by atoms with Crippen molar-refractivity contribution in [2.24, 2.45) is 4.99 Å². The number of thioether (sulfide) groups is 1. The Hall–Kier alpha value is -1.03. The highest BCUT2D eigenvalue weighted by Crippen LogP contribution is 2.16. The maximum Gasteiger partial charge on any atom is 0.157 e. The van der Waals surface area contributed by atoms with Crippen molar-refractivity contribution in [2.45, 2.75) is 32.9 Å². The first kappa shape index (κ1) is 11.5. The molecule has 1 N–H and O–H groups in total. The van der Waals surface area contributed by atoms with E-state index in [2.05, 4.69) is 22.2 Å². The Morgan fingerprint density at radius 3 is 3.12 bits per heavy atom. The quantitative estimate of drug-likeness (QED) is 0.874. The van der Waals surface area contributed by atoms with Crippen molar-refractivity contribution in [3.8, 4) is 0 Å². The zero-order valence-electron chi connectivity index (χ0n) is 9.73. The largest absolute Gasteiger partial charge is 0.361 e. The summed E-state index contributed by atoms with van der Waals surface area (Å²) in [6.45, 7) is 4.88. The zero-order chi connectivity index (χ0) is 11.4. The predicted molar refractivity (Wildman–Crippen MR) is 69.8 cm³/mol. The SMILES string of the molecule is CCC1CSC(=NCc2cccc(C)n2)N1. The minimum absolute atomic E-state index is 0.592. The second-order valence-electron chi connectivity index (χ2n) is 3.95. The zero-order valence-corrected chi connectivity index (χ0v) is 10.5. The first-order chi connectivity index (χ1) is 7.78. The molecule has 86 valence electrons. The van der Waals surface area contributed by atoms with Crippen molar-refractivity contribution in [1.29, 1.82) is 0 Å². The lowest BCUT2D eigenvalue weighted by molar-refractivity contribution is 0.666. The molecule has 0 bridgehead atoms. The Kier molecular flexibility index (Phi) is 3.83. The Bertz CT molecular complexity index is 390. The van der Waals surface area contributed by atoms with Crippen LogP contribution in [-0.2, 0) is 6.54 Å². The van der Waals surface area contributed by atoms with E-state index in [1.165, 1.54) is 0 Å². The maximum absolute atomic E-state index is 4.54. The van der Waals surface area contributed by atoms with E-state index < -0.39 is 0 Å². The average Bonchev–Trinajstić information content (AvgIpc) is 2.74. The van der Waals surface area contributed by atoms with Crippen LogP contribution in [-0.4, -0.2) is 21.9 Å². The van der Waals surface area contributed by atoms with Gasteiger partial charge in [-0.25, -0.2) is 0 Å². The first-order valence-corrected chi connectivity index (χ1v) is 6.63. The Morgan fingerprint density at radius 1 is 1.56 bits per heavy atom. The van der Waals surface area contributed by atoms with E-state index in [4.69, 9.17) is 0 Å². The lowest BCUT2D eigenvalue weighted by atomic mass is 10.3. The van der Waals surface area contributed by atoms with E-state index in [1.807, 2.05) is 36.9 Å². The van der Waals surface area contributed by atoms with Gasteiger partial charge in [0.05, 0.1) is 12.2 Å². The number of aryl methyl sites for hydroxylation is 1. The van der Waals surface area contributed by atoms with Gasteiger partial charge in [0.15, 0.2) is 5.17 Å². The molecule has 0 saturated carbocycles. The van der Waals surface area contributed by atoms with E-state index in [1.54, 1.807) is 0 Å². The lowest BCUT2D eigenvalue weighted by Gasteiger charge is -2.04. The van der Waals surface area contributed by atoms with Crippen molar-refractivity contribution >= 4 is 16.9 Å². The van der Waals surface area contributed by atoms with Gasteiger partial charge in [-0.1, -0.05) is 24.8 Å². The van der Waals surface area contributed by atoms with Crippen molar-refractivity contribution in [3.05, 3.63) is 29.6 Å². The molecular formula is C12H17N3S. The number of aliphatic imine (C=N–C) groups is 1. The molecule has 2 heterocycles. The van der Waals surface area contributed by atoms with Crippen LogP contribution >= 0.6 is 11.8 Å². The number of hydrogen-bond donors (Lipinski definition) is 1. The highest BCUT2D eigenvalue weighted by atomic mass is 32.2. The summed E-state index contributed by atoms with van der Waals surface area (Å²) >= 11 is 1.81. The fourth-order valence-corrected chi connectivity index (χ4v) is 2.67. The van der Waals surface area contributed by atoms with Gasteiger partial charge in [-0.15, -0.1) is 0 Å². The molecule has 3 nitrogen and oxygen atoms in total. The Morgan fingerprint density at radius 2 is 2.44 bits per heavy atom. The summed E-state index contributed by atoms with van der Waals surface area (Å²) in [6.07, 6.45) is 1.16. The van der Waals surface area contributed by atoms with Crippen LogP contribution in [0.15, 0.2) is 23.2 Å². The van der Waals surface area contributed by atoms with E-state index in [9.17, 15) is 0 Å². The molecule has 1 atom stereocenters. The molecule has 1 aliphatic heterocycles. The first-order valence-electron chi connectivity index (χ1n) is 5.64. The minimum atomic E-state index is 0.592. The minimum Gasteiger partial charge on any atom is -0.361 e. The number of nitrogens with one attached hydrogen (secondary N) is 1. The number of nitrogens with zero attached hydrogens (tertiary/aromatic N) is 2. The van der Waals surface area contributed by atoms with Gasteiger partial charge in [-0.2, -0.15) is 0 Å². The summed E-state index contributed by atoms with van der Waals surface area (Å²) < 4.78 is 0. The predicted octanol–water partition coefficient (Wildman–Crippen LogP) is 2.36. The van der Waals surface area contributed by atoms with Crippen LogP contribution in [0.25, 0.3) is 0 Å². The molecule has 1 aromatic heterocycles. The standard InChI is InChI=1S/C12H17N3S/c1-3-10-8-16-12(15-10)13-7-11-6-4-5-9(2)14-11/h4-6,10H,3,7-8H2,1-2H3,(H,13,15). The van der Waals surface area contributed by atoms with Crippen LogP contribution in [0.4, 0.5) is 0 Å². The second kappa shape index (κ2) is 5.34. The van der Waals surface area contributed by atoms with Gasteiger partial charge in [0, 0.05) is 17.5 Å². The number of hydrogen-bond acceptors (Lipinski definition) is 3. The van der Waals surface area contributed by atoms with Crippen molar-refractivity contribution in [3.63, 3.8) is 0 Å². The number of rotatable bonds is 3. The molecule has 0 radical (unpaired) electrons. The summed E-state index contributed by atoms with van der Waals surface area (Å²) in [5, 5.41) is 4.48. The molecule has 1 aromatic rings. The van der Waals surface area contributed by atoms with Gasteiger partial charge >= 0.3 is 0 Å². The monoisotopic (exact) mass is 235 g/mol. The third-order valence-electron chi connectivity index (χ3n) is 2.57. The van der Waals surface area contributed by atoms with Gasteiger partial charge in [0.25, 0.3) is 0 Å². The Labute approximate surface area is 101 Å². The maximum atomic E-state index is 4.54. The van der Waals surface area contributed by atoms with E-state index in [0.29, 0.717) is 12.6 Å². The van der Waals surface area contributed by atoms with Gasteiger partial charge in [-0.05, 0) is 25.5 Å². The van der Waals surface area contributed by atoms with E-state index >= 15 is 0 Å².